The molecule has 0 spiro atoms. The molecule has 1 amide bonds. The van der Waals surface area contributed by atoms with Crippen molar-refractivity contribution >= 4 is 34.9 Å². The van der Waals surface area contributed by atoms with Crippen LogP contribution in [0.15, 0.2) is 53.3 Å². The van der Waals surface area contributed by atoms with E-state index in [9.17, 15) is 9.59 Å². The topological polar surface area (TPSA) is 60.1 Å². The summed E-state index contributed by atoms with van der Waals surface area (Å²) in [6.45, 7) is 0.479. The molecule has 1 aliphatic heterocycles. The van der Waals surface area contributed by atoms with Gasteiger partial charge in [-0.25, -0.2) is 14.3 Å². The van der Waals surface area contributed by atoms with Crippen LogP contribution in [0.5, 0.6) is 0 Å². The minimum atomic E-state index is -0.450. The van der Waals surface area contributed by atoms with Crippen molar-refractivity contribution in [1.29, 1.82) is 0 Å². The molecule has 8 heteroatoms. The van der Waals surface area contributed by atoms with Crippen LogP contribution in [-0.2, 0) is 13.1 Å². The fourth-order valence-corrected chi connectivity index (χ4v) is 3.06. The van der Waals surface area contributed by atoms with E-state index in [-0.39, 0.29) is 19.1 Å². The van der Waals surface area contributed by atoms with Gasteiger partial charge in [0, 0.05) is 15.7 Å². The minimum Gasteiger partial charge on any atom is -0.285 e. The summed E-state index contributed by atoms with van der Waals surface area (Å²) in [5, 5.41) is 1.20. The van der Waals surface area contributed by atoms with Gasteiger partial charge in [-0.05, 0) is 42.0 Å². The number of anilines is 1. The summed E-state index contributed by atoms with van der Waals surface area (Å²) >= 11 is 11.8. The van der Waals surface area contributed by atoms with Gasteiger partial charge >= 0.3 is 11.7 Å². The van der Waals surface area contributed by atoms with Crippen LogP contribution in [0.25, 0.3) is 0 Å². The molecule has 1 aromatic heterocycles. The Bertz CT molecular complexity index is 1010. The maximum Gasteiger partial charge on any atom is 0.364 e. The van der Waals surface area contributed by atoms with Crippen LogP contribution < -0.4 is 10.6 Å². The Balaban J connectivity index is 1.68. The highest BCUT2D eigenvalue weighted by atomic mass is 35.5. The predicted octanol–water partition coefficient (Wildman–Crippen LogP) is 3.39. The molecule has 6 nitrogen and oxygen atoms in total. The van der Waals surface area contributed by atoms with E-state index < -0.39 is 5.69 Å². The Morgan fingerprint density at radius 1 is 0.920 bits per heavy atom. The van der Waals surface area contributed by atoms with E-state index in [1.165, 1.54) is 9.36 Å². The van der Waals surface area contributed by atoms with E-state index in [1.54, 1.807) is 41.3 Å². The Labute approximate surface area is 152 Å². The van der Waals surface area contributed by atoms with Gasteiger partial charge in [-0.1, -0.05) is 35.3 Å². The van der Waals surface area contributed by atoms with Gasteiger partial charge < -0.3 is 0 Å². The van der Waals surface area contributed by atoms with Gasteiger partial charge in [0.15, 0.2) is 5.82 Å². The summed E-state index contributed by atoms with van der Waals surface area (Å²) in [6.07, 6.45) is 0. The lowest BCUT2D eigenvalue weighted by Crippen LogP contribution is -2.34. The van der Waals surface area contributed by atoms with Crippen molar-refractivity contribution in [1.82, 2.24) is 14.3 Å². The van der Waals surface area contributed by atoms with Crippen LogP contribution in [-0.4, -0.2) is 20.4 Å². The summed E-state index contributed by atoms with van der Waals surface area (Å²) in [7, 11) is 0. The van der Waals surface area contributed by atoms with Crippen molar-refractivity contribution in [3.8, 4) is 0 Å². The van der Waals surface area contributed by atoms with Gasteiger partial charge in [0.05, 0.1) is 13.1 Å². The molecule has 1 aliphatic rings. The lowest BCUT2D eigenvalue weighted by molar-refractivity contribution is 0.244. The number of carbonyl (C=O) groups excluding carboxylic acids is 1. The summed E-state index contributed by atoms with van der Waals surface area (Å²) in [6, 6.07) is 13.7. The lowest BCUT2D eigenvalue weighted by atomic mass is 10.2. The number of benzene rings is 2. The molecule has 126 valence electrons. The van der Waals surface area contributed by atoms with Crippen molar-refractivity contribution in [3.05, 3.63) is 80.4 Å². The smallest absolute Gasteiger partial charge is 0.285 e. The Morgan fingerprint density at radius 2 is 1.52 bits per heavy atom. The quantitative estimate of drug-likeness (QED) is 0.705. The molecular weight excluding hydrogens is 363 g/mol. The molecule has 3 aromatic rings. The first kappa shape index (κ1) is 15.9. The van der Waals surface area contributed by atoms with Crippen LogP contribution in [0.3, 0.4) is 0 Å². The van der Waals surface area contributed by atoms with Gasteiger partial charge in [-0.15, -0.1) is 0 Å². The zero-order chi connectivity index (χ0) is 17.6. The standard InChI is InChI=1S/C17H12Cl2N4O2/c18-12-3-1-11(2-4-12)9-22-16(24)20-15-10-21(17(25)23(15)22)14-7-5-13(19)6-8-14/h1-8H,9-10H2. The number of hydrogen-bond donors (Lipinski definition) is 0. The molecule has 0 N–H and O–H groups in total. The van der Waals surface area contributed by atoms with E-state index in [0.29, 0.717) is 21.6 Å². The lowest BCUT2D eigenvalue weighted by Gasteiger charge is -2.15. The third kappa shape index (κ3) is 2.83. The summed E-state index contributed by atoms with van der Waals surface area (Å²) < 4.78 is 2.66. The van der Waals surface area contributed by atoms with Crippen molar-refractivity contribution in [2.24, 2.45) is 0 Å². The number of amides is 1. The second-order valence-electron chi connectivity index (χ2n) is 5.65. The number of fused-ring (bicyclic) bond motifs is 1. The van der Waals surface area contributed by atoms with Gasteiger partial charge in [0.25, 0.3) is 0 Å². The molecule has 0 radical (unpaired) electrons. The number of nitrogens with zero attached hydrogens (tertiary/aromatic N) is 4. The molecule has 0 unspecified atom stereocenters. The molecule has 25 heavy (non-hydrogen) atoms. The molecule has 0 saturated heterocycles. The summed E-state index contributed by atoms with van der Waals surface area (Å²) in [5.74, 6) is 0.416. The van der Waals surface area contributed by atoms with Crippen LogP contribution in [0.4, 0.5) is 10.5 Å². The molecular formula is C17H12Cl2N4O2. The number of hydrogen-bond acceptors (Lipinski definition) is 3. The summed E-state index contributed by atoms with van der Waals surface area (Å²) in [5.41, 5.74) is 1.10. The van der Waals surface area contributed by atoms with Gasteiger partial charge in [-0.3, -0.25) is 4.90 Å². The van der Waals surface area contributed by atoms with Gasteiger partial charge in [0.1, 0.15) is 0 Å². The van der Waals surface area contributed by atoms with Gasteiger partial charge in [0.2, 0.25) is 0 Å². The molecule has 2 heterocycles. The average Bonchev–Trinajstić information content (AvgIpc) is 3.07. The van der Waals surface area contributed by atoms with E-state index in [4.69, 9.17) is 23.2 Å². The van der Waals surface area contributed by atoms with E-state index in [0.717, 1.165) is 5.56 Å². The van der Waals surface area contributed by atoms with Crippen LogP contribution in [0.1, 0.15) is 11.4 Å². The maximum absolute atomic E-state index is 12.8. The van der Waals surface area contributed by atoms with E-state index >= 15 is 0 Å². The molecule has 2 aromatic carbocycles. The molecule has 0 bridgehead atoms. The molecule has 0 saturated carbocycles. The predicted molar refractivity (Wildman–Crippen MR) is 95.5 cm³/mol. The first-order chi connectivity index (χ1) is 12.0. The van der Waals surface area contributed by atoms with E-state index in [1.807, 2.05) is 12.1 Å². The highest BCUT2D eigenvalue weighted by Gasteiger charge is 2.33. The zero-order valence-electron chi connectivity index (χ0n) is 12.9. The number of halogens is 2. The largest absolute Gasteiger partial charge is 0.364 e. The Hall–Kier alpha value is -2.57. The third-order valence-corrected chi connectivity index (χ3v) is 4.53. The van der Waals surface area contributed by atoms with Crippen molar-refractivity contribution in [2.45, 2.75) is 13.1 Å². The summed E-state index contributed by atoms with van der Waals surface area (Å²) in [4.78, 5) is 30.5. The average molecular weight is 375 g/mol. The van der Waals surface area contributed by atoms with Crippen LogP contribution in [0.2, 0.25) is 10.0 Å². The van der Waals surface area contributed by atoms with Crippen molar-refractivity contribution in [3.63, 3.8) is 0 Å². The highest BCUT2D eigenvalue weighted by molar-refractivity contribution is 6.30. The van der Waals surface area contributed by atoms with Crippen LogP contribution >= 0.6 is 23.2 Å². The molecule has 0 atom stereocenters. The fraction of sp³-hybridized carbons (Fsp3) is 0.118. The third-order valence-electron chi connectivity index (χ3n) is 4.03. The van der Waals surface area contributed by atoms with Crippen molar-refractivity contribution in [2.75, 3.05) is 4.90 Å². The fourth-order valence-electron chi connectivity index (χ4n) is 2.80. The first-order valence-corrected chi connectivity index (χ1v) is 8.29. The molecule has 0 aliphatic carbocycles. The molecule has 0 fully saturated rings. The highest BCUT2D eigenvalue weighted by Crippen LogP contribution is 2.24. The zero-order valence-corrected chi connectivity index (χ0v) is 14.4. The van der Waals surface area contributed by atoms with E-state index in [2.05, 4.69) is 4.98 Å². The maximum atomic E-state index is 12.8. The monoisotopic (exact) mass is 374 g/mol. The van der Waals surface area contributed by atoms with Crippen molar-refractivity contribution < 1.29 is 4.79 Å². The van der Waals surface area contributed by atoms with Crippen LogP contribution in [0, 0.1) is 0 Å². The SMILES string of the molecule is O=C1N(c2ccc(Cl)cc2)Cc2nc(=O)n(Cc3ccc(Cl)cc3)n21. The minimum absolute atomic E-state index is 0.239. The Kier molecular flexibility index (Phi) is 3.86. The van der Waals surface area contributed by atoms with Gasteiger partial charge in [-0.2, -0.15) is 9.67 Å². The second-order valence-corrected chi connectivity index (χ2v) is 6.52. The Morgan fingerprint density at radius 3 is 2.16 bits per heavy atom. The number of carbonyl (C=O) groups is 1. The first-order valence-electron chi connectivity index (χ1n) is 7.53. The molecule has 4 rings (SSSR count). The number of rotatable bonds is 3. The normalized spacial score (nSPS) is 13.4. The number of aromatic nitrogens is 3. The second kappa shape index (κ2) is 6.06.